The molecule has 2 fully saturated rings. The van der Waals surface area contributed by atoms with Crippen LogP contribution in [-0.2, 0) is 4.79 Å². The third-order valence-electron chi connectivity index (χ3n) is 4.89. The number of nitrogens with two attached hydrogens (primary N) is 1. The SMILES string of the molecule is CCCNC(C)(CCCN(CC1CC1)CC1CC1)C(N)=O. The summed E-state index contributed by atoms with van der Waals surface area (Å²) >= 11 is 0. The maximum atomic E-state index is 11.7. The molecule has 4 heteroatoms. The molecule has 0 saturated heterocycles. The molecule has 122 valence electrons. The first-order chi connectivity index (χ1) is 10.0. The minimum Gasteiger partial charge on any atom is -0.368 e. The molecule has 0 aromatic heterocycles. The second kappa shape index (κ2) is 7.59. The van der Waals surface area contributed by atoms with E-state index in [4.69, 9.17) is 5.73 Å². The molecule has 4 nitrogen and oxygen atoms in total. The predicted octanol–water partition coefficient (Wildman–Crippen LogP) is 2.13. The van der Waals surface area contributed by atoms with Gasteiger partial charge in [0.25, 0.3) is 0 Å². The monoisotopic (exact) mass is 295 g/mol. The number of hydrogen-bond acceptors (Lipinski definition) is 3. The second-order valence-corrected chi connectivity index (χ2v) is 7.37. The molecule has 2 rings (SSSR count). The normalized spacial score (nSPS) is 21.5. The van der Waals surface area contributed by atoms with E-state index < -0.39 is 5.54 Å². The summed E-state index contributed by atoms with van der Waals surface area (Å²) in [6.07, 6.45) is 8.58. The van der Waals surface area contributed by atoms with Crippen LogP contribution in [0.2, 0.25) is 0 Å². The highest BCUT2D eigenvalue weighted by Crippen LogP contribution is 2.33. The standard InChI is InChI=1S/C17H33N3O/c1-3-10-19-17(2,16(18)21)9-4-11-20(12-14-5-6-14)13-15-7-8-15/h14-15,19H,3-13H2,1-2H3,(H2,18,21). The van der Waals surface area contributed by atoms with Gasteiger partial charge in [-0.15, -0.1) is 0 Å². The van der Waals surface area contributed by atoms with Gasteiger partial charge >= 0.3 is 0 Å². The Balaban J connectivity index is 1.73. The van der Waals surface area contributed by atoms with Gasteiger partial charge in [0.05, 0.1) is 5.54 Å². The van der Waals surface area contributed by atoms with Crippen molar-refractivity contribution in [3.8, 4) is 0 Å². The van der Waals surface area contributed by atoms with E-state index >= 15 is 0 Å². The number of carbonyl (C=O) groups is 1. The summed E-state index contributed by atoms with van der Waals surface area (Å²) in [5.41, 5.74) is 5.05. The molecule has 0 radical (unpaired) electrons. The van der Waals surface area contributed by atoms with E-state index in [1.807, 2.05) is 6.92 Å². The molecule has 21 heavy (non-hydrogen) atoms. The lowest BCUT2D eigenvalue weighted by atomic mass is 9.94. The maximum Gasteiger partial charge on any atom is 0.237 e. The molecular weight excluding hydrogens is 262 g/mol. The number of primary amides is 1. The quantitative estimate of drug-likeness (QED) is 0.580. The average Bonchev–Trinajstić information content (AvgIpc) is 3.32. The van der Waals surface area contributed by atoms with E-state index in [2.05, 4.69) is 17.1 Å². The summed E-state index contributed by atoms with van der Waals surface area (Å²) < 4.78 is 0. The number of carbonyl (C=O) groups excluding carboxylic acids is 1. The molecule has 2 aliphatic rings. The number of amides is 1. The molecule has 0 heterocycles. The smallest absolute Gasteiger partial charge is 0.237 e. The van der Waals surface area contributed by atoms with Crippen LogP contribution in [0, 0.1) is 11.8 Å². The second-order valence-electron chi connectivity index (χ2n) is 7.37. The van der Waals surface area contributed by atoms with E-state index in [1.54, 1.807) is 0 Å². The van der Waals surface area contributed by atoms with Gasteiger partial charge in [-0.1, -0.05) is 6.92 Å². The number of nitrogens with one attached hydrogen (secondary N) is 1. The highest BCUT2D eigenvalue weighted by molar-refractivity contribution is 5.84. The van der Waals surface area contributed by atoms with Gasteiger partial charge in [0.1, 0.15) is 0 Å². The number of rotatable bonds is 12. The third kappa shape index (κ3) is 5.95. The van der Waals surface area contributed by atoms with Gasteiger partial charge in [0, 0.05) is 13.1 Å². The largest absolute Gasteiger partial charge is 0.368 e. The third-order valence-corrected chi connectivity index (χ3v) is 4.89. The topological polar surface area (TPSA) is 58.4 Å². The van der Waals surface area contributed by atoms with Gasteiger partial charge in [-0.05, 0) is 76.8 Å². The minimum absolute atomic E-state index is 0.216. The molecule has 0 bridgehead atoms. The van der Waals surface area contributed by atoms with E-state index in [-0.39, 0.29) is 5.91 Å². The molecule has 1 atom stereocenters. The highest BCUT2D eigenvalue weighted by Gasteiger charge is 2.31. The predicted molar refractivity (Wildman–Crippen MR) is 87.0 cm³/mol. The van der Waals surface area contributed by atoms with E-state index in [0.29, 0.717) is 0 Å². The maximum absolute atomic E-state index is 11.7. The van der Waals surface area contributed by atoms with Crippen molar-refractivity contribution < 1.29 is 4.79 Å². The zero-order valence-corrected chi connectivity index (χ0v) is 13.9. The molecular formula is C17H33N3O. The van der Waals surface area contributed by atoms with Gasteiger partial charge in [-0.3, -0.25) is 4.79 Å². The van der Waals surface area contributed by atoms with Crippen LogP contribution < -0.4 is 11.1 Å². The van der Waals surface area contributed by atoms with E-state index in [0.717, 1.165) is 44.2 Å². The summed E-state index contributed by atoms with van der Waals surface area (Å²) in [6.45, 7) is 8.58. The van der Waals surface area contributed by atoms with Gasteiger partial charge in [0.15, 0.2) is 0 Å². The van der Waals surface area contributed by atoms with Crippen molar-refractivity contribution in [2.75, 3.05) is 26.2 Å². The van der Waals surface area contributed by atoms with Crippen LogP contribution in [0.15, 0.2) is 0 Å². The van der Waals surface area contributed by atoms with Crippen molar-refractivity contribution in [2.45, 2.75) is 64.3 Å². The van der Waals surface area contributed by atoms with Crippen LogP contribution in [0.4, 0.5) is 0 Å². The Hall–Kier alpha value is -0.610. The molecule has 2 saturated carbocycles. The number of hydrogen-bond donors (Lipinski definition) is 2. The van der Waals surface area contributed by atoms with Crippen LogP contribution in [0.3, 0.4) is 0 Å². The Morgan fingerprint density at radius 2 is 1.81 bits per heavy atom. The van der Waals surface area contributed by atoms with Crippen LogP contribution >= 0.6 is 0 Å². The summed E-state index contributed by atoms with van der Waals surface area (Å²) in [5, 5.41) is 3.33. The van der Waals surface area contributed by atoms with Crippen molar-refractivity contribution in [2.24, 2.45) is 17.6 Å². The molecule has 1 unspecified atom stereocenters. The Morgan fingerprint density at radius 1 is 1.24 bits per heavy atom. The Morgan fingerprint density at radius 3 is 2.24 bits per heavy atom. The molecule has 0 aliphatic heterocycles. The first-order valence-corrected chi connectivity index (χ1v) is 8.81. The van der Waals surface area contributed by atoms with Crippen molar-refractivity contribution in [1.82, 2.24) is 10.2 Å². The molecule has 2 aliphatic carbocycles. The fourth-order valence-corrected chi connectivity index (χ4v) is 2.94. The Labute approximate surface area is 129 Å². The van der Waals surface area contributed by atoms with Crippen molar-refractivity contribution in [1.29, 1.82) is 0 Å². The van der Waals surface area contributed by atoms with E-state index in [9.17, 15) is 4.79 Å². The van der Waals surface area contributed by atoms with Gasteiger partial charge in [-0.25, -0.2) is 0 Å². The van der Waals surface area contributed by atoms with Crippen LogP contribution in [0.1, 0.15) is 58.8 Å². The Bertz CT molecular complexity index is 325. The van der Waals surface area contributed by atoms with Crippen molar-refractivity contribution >= 4 is 5.91 Å². The average molecular weight is 295 g/mol. The van der Waals surface area contributed by atoms with Crippen LogP contribution in [0.25, 0.3) is 0 Å². The summed E-state index contributed by atoms with van der Waals surface area (Å²) in [6, 6.07) is 0. The van der Waals surface area contributed by atoms with Gasteiger partial charge in [-0.2, -0.15) is 0 Å². The zero-order valence-electron chi connectivity index (χ0n) is 13.9. The summed E-state index contributed by atoms with van der Waals surface area (Å²) in [5.74, 6) is 1.68. The Kier molecular flexibility index (Phi) is 6.06. The molecule has 3 N–H and O–H groups in total. The highest BCUT2D eigenvalue weighted by atomic mass is 16.1. The molecule has 1 amide bonds. The first kappa shape index (κ1) is 16.8. The summed E-state index contributed by atoms with van der Waals surface area (Å²) in [4.78, 5) is 14.4. The van der Waals surface area contributed by atoms with Crippen molar-refractivity contribution in [3.05, 3.63) is 0 Å². The molecule has 0 aromatic carbocycles. The van der Waals surface area contributed by atoms with Crippen molar-refractivity contribution in [3.63, 3.8) is 0 Å². The van der Waals surface area contributed by atoms with Crippen LogP contribution in [0.5, 0.6) is 0 Å². The number of nitrogens with zero attached hydrogens (tertiary/aromatic N) is 1. The fourth-order valence-electron chi connectivity index (χ4n) is 2.94. The molecule has 0 spiro atoms. The minimum atomic E-state index is -0.541. The van der Waals surface area contributed by atoms with Crippen LogP contribution in [-0.4, -0.2) is 42.5 Å². The lowest BCUT2D eigenvalue weighted by Crippen LogP contribution is -2.53. The zero-order chi connectivity index (χ0) is 15.3. The van der Waals surface area contributed by atoms with Gasteiger partial charge < -0.3 is 16.0 Å². The molecule has 0 aromatic rings. The first-order valence-electron chi connectivity index (χ1n) is 8.81. The van der Waals surface area contributed by atoms with Gasteiger partial charge in [0.2, 0.25) is 5.91 Å². The lowest BCUT2D eigenvalue weighted by molar-refractivity contribution is -0.124. The fraction of sp³-hybridized carbons (Fsp3) is 0.941. The van der Waals surface area contributed by atoms with E-state index in [1.165, 1.54) is 38.8 Å². The lowest BCUT2D eigenvalue weighted by Gasteiger charge is -2.29. The summed E-state index contributed by atoms with van der Waals surface area (Å²) in [7, 11) is 0.